The van der Waals surface area contributed by atoms with Gasteiger partial charge in [0.2, 0.25) is 5.91 Å². The van der Waals surface area contributed by atoms with E-state index in [1.807, 2.05) is 65.4 Å². The Morgan fingerprint density at radius 3 is 2.27 bits per heavy atom. The number of benzene rings is 2. The average molecular weight is 345 g/mol. The smallest absolute Gasteiger partial charge is 0.227 e. The maximum atomic E-state index is 13.2. The van der Waals surface area contributed by atoms with Gasteiger partial charge in [-0.05, 0) is 17.5 Å². The highest BCUT2D eigenvalue weighted by Crippen LogP contribution is 2.36. The normalized spacial score (nSPS) is 19.9. The first-order valence-electron chi connectivity index (χ1n) is 9.05. The summed E-state index contributed by atoms with van der Waals surface area (Å²) in [5.74, 6) is 0.303. The van der Waals surface area contributed by atoms with Crippen molar-refractivity contribution in [3.63, 3.8) is 0 Å². The summed E-state index contributed by atoms with van der Waals surface area (Å²) in [5.41, 5.74) is 3.38. The minimum atomic E-state index is -0.0592. The third kappa shape index (κ3) is 3.40. The summed E-state index contributed by atoms with van der Waals surface area (Å²) < 4.78 is 1.96. The van der Waals surface area contributed by atoms with Crippen molar-refractivity contribution in [2.45, 2.75) is 18.9 Å². The van der Waals surface area contributed by atoms with Gasteiger partial charge in [-0.25, -0.2) is 4.98 Å². The number of aromatic nitrogens is 2. The molecule has 1 amide bonds. The summed E-state index contributed by atoms with van der Waals surface area (Å²) in [7, 11) is 1.97. The number of imidazole rings is 1. The second-order valence-electron chi connectivity index (χ2n) is 7.07. The number of rotatable bonds is 5. The summed E-state index contributed by atoms with van der Waals surface area (Å²) in [6.07, 6.45) is 4.62. The molecule has 4 heteroatoms. The Balaban J connectivity index is 1.60. The van der Waals surface area contributed by atoms with Gasteiger partial charge in [0.05, 0.1) is 17.9 Å². The van der Waals surface area contributed by atoms with E-state index in [1.165, 1.54) is 11.1 Å². The molecule has 4 nitrogen and oxygen atoms in total. The Kier molecular flexibility index (Phi) is 4.57. The van der Waals surface area contributed by atoms with Crippen LogP contribution in [-0.4, -0.2) is 26.9 Å². The van der Waals surface area contributed by atoms with Crippen molar-refractivity contribution < 1.29 is 4.79 Å². The van der Waals surface area contributed by atoms with Crippen LogP contribution in [0.5, 0.6) is 0 Å². The van der Waals surface area contributed by atoms with Gasteiger partial charge in [0.25, 0.3) is 0 Å². The SMILES string of the molecule is Cn1cnc([C@@H]2CN(Cc3ccccc3)C(=O)[C@H]2Cc2ccccc2)c1. The van der Waals surface area contributed by atoms with Crippen LogP contribution in [0.2, 0.25) is 0 Å². The van der Waals surface area contributed by atoms with Gasteiger partial charge in [0.1, 0.15) is 0 Å². The zero-order valence-corrected chi connectivity index (χ0v) is 15.0. The molecular formula is C22H23N3O. The Morgan fingerprint density at radius 2 is 1.65 bits per heavy atom. The van der Waals surface area contributed by atoms with Crippen LogP contribution in [0.3, 0.4) is 0 Å². The number of nitrogens with zero attached hydrogens (tertiary/aromatic N) is 3. The van der Waals surface area contributed by atoms with Crippen molar-refractivity contribution in [3.05, 3.63) is 90.0 Å². The van der Waals surface area contributed by atoms with Crippen LogP contribution in [0, 0.1) is 5.92 Å². The van der Waals surface area contributed by atoms with Crippen LogP contribution in [0.25, 0.3) is 0 Å². The van der Waals surface area contributed by atoms with Gasteiger partial charge < -0.3 is 9.47 Å². The number of carbonyl (C=O) groups is 1. The van der Waals surface area contributed by atoms with Gasteiger partial charge >= 0.3 is 0 Å². The highest BCUT2D eigenvalue weighted by Gasteiger charge is 2.41. The standard InChI is InChI=1S/C22H23N3O/c1-24-15-21(23-16-24)20-14-25(13-18-10-6-3-7-11-18)22(26)19(20)12-17-8-4-2-5-9-17/h2-11,15-16,19-20H,12-14H2,1H3/t19-,20+/m0/s1. The molecule has 26 heavy (non-hydrogen) atoms. The summed E-state index contributed by atoms with van der Waals surface area (Å²) in [4.78, 5) is 19.7. The lowest BCUT2D eigenvalue weighted by atomic mass is 9.87. The Labute approximate surface area is 154 Å². The van der Waals surface area contributed by atoms with E-state index in [0.717, 1.165) is 18.7 Å². The van der Waals surface area contributed by atoms with Crippen molar-refractivity contribution in [1.82, 2.24) is 14.5 Å². The third-order valence-corrected chi connectivity index (χ3v) is 5.15. The summed E-state index contributed by atoms with van der Waals surface area (Å²) in [6.45, 7) is 1.39. The quantitative estimate of drug-likeness (QED) is 0.711. The Morgan fingerprint density at radius 1 is 1.00 bits per heavy atom. The predicted molar refractivity (Wildman–Crippen MR) is 101 cm³/mol. The van der Waals surface area contributed by atoms with Crippen LogP contribution in [-0.2, 0) is 24.8 Å². The molecule has 2 atom stereocenters. The van der Waals surface area contributed by atoms with Crippen LogP contribution >= 0.6 is 0 Å². The molecule has 0 N–H and O–H groups in total. The van der Waals surface area contributed by atoms with Crippen molar-refractivity contribution in [2.24, 2.45) is 13.0 Å². The molecule has 1 aliphatic heterocycles. The fraction of sp³-hybridized carbons (Fsp3) is 0.273. The van der Waals surface area contributed by atoms with Gasteiger partial charge in [-0.2, -0.15) is 0 Å². The minimum absolute atomic E-state index is 0.0592. The lowest BCUT2D eigenvalue weighted by molar-refractivity contribution is -0.131. The van der Waals surface area contributed by atoms with E-state index >= 15 is 0 Å². The lowest BCUT2D eigenvalue weighted by Crippen LogP contribution is -2.27. The first-order chi connectivity index (χ1) is 12.7. The third-order valence-electron chi connectivity index (χ3n) is 5.15. The lowest BCUT2D eigenvalue weighted by Gasteiger charge is -2.16. The number of likely N-dealkylation sites (tertiary alicyclic amines) is 1. The van der Waals surface area contributed by atoms with E-state index in [2.05, 4.69) is 29.2 Å². The molecule has 3 aromatic rings. The molecule has 0 saturated carbocycles. The fourth-order valence-electron chi connectivity index (χ4n) is 3.83. The number of amides is 1. The van der Waals surface area contributed by atoms with E-state index in [4.69, 9.17) is 0 Å². The number of hydrogen-bond donors (Lipinski definition) is 0. The average Bonchev–Trinajstić information content (AvgIpc) is 3.22. The minimum Gasteiger partial charge on any atom is -0.340 e. The van der Waals surface area contributed by atoms with Gasteiger partial charge in [0, 0.05) is 32.3 Å². The van der Waals surface area contributed by atoms with E-state index in [1.54, 1.807) is 0 Å². The van der Waals surface area contributed by atoms with E-state index < -0.39 is 0 Å². The Bertz CT molecular complexity index is 873. The van der Waals surface area contributed by atoms with E-state index in [-0.39, 0.29) is 17.7 Å². The number of carbonyl (C=O) groups excluding carboxylic acids is 1. The summed E-state index contributed by atoms with van der Waals surface area (Å²) in [6, 6.07) is 20.5. The molecule has 0 radical (unpaired) electrons. The molecule has 1 saturated heterocycles. The Hall–Kier alpha value is -2.88. The molecule has 0 spiro atoms. The molecule has 2 heterocycles. The molecule has 4 rings (SSSR count). The van der Waals surface area contributed by atoms with Crippen LogP contribution in [0.15, 0.2) is 73.2 Å². The fourth-order valence-corrected chi connectivity index (χ4v) is 3.83. The highest BCUT2D eigenvalue weighted by molar-refractivity contribution is 5.82. The van der Waals surface area contributed by atoms with Crippen LogP contribution < -0.4 is 0 Å². The van der Waals surface area contributed by atoms with Gasteiger partial charge in [-0.3, -0.25) is 4.79 Å². The molecule has 132 valence electrons. The van der Waals surface area contributed by atoms with Crippen molar-refractivity contribution in [2.75, 3.05) is 6.54 Å². The summed E-state index contributed by atoms with van der Waals surface area (Å²) >= 11 is 0. The maximum absolute atomic E-state index is 13.2. The van der Waals surface area contributed by atoms with Crippen molar-refractivity contribution >= 4 is 5.91 Å². The molecule has 0 bridgehead atoms. The molecule has 1 aliphatic rings. The molecule has 0 aliphatic carbocycles. The largest absolute Gasteiger partial charge is 0.340 e. The van der Waals surface area contributed by atoms with Crippen LogP contribution in [0.4, 0.5) is 0 Å². The molecule has 2 aromatic carbocycles. The molecule has 1 aromatic heterocycles. The number of aryl methyl sites for hydroxylation is 1. The van der Waals surface area contributed by atoms with Gasteiger partial charge in [-0.15, -0.1) is 0 Å². The zero-order chi connectivity index (χ0) is 17.9. The van der Waals surface area contributed by atoms with Crippen LogP contribution in [0.1, 0.15) is 22.7 Å². The van der Waals surface area contributed by atoms with Crippen molar-refractivity contribution in [1.29, 1.82) is 0 Å². The summed E-state index contributed by atoms with van der Waals surface area (Å²) in [5, 5.41) is 0. The first kappa shape index (κ1) is 16.6. The first-order valence-corrected chi connectivity index (χ1v) is 9.05. The zero-order valence-electron chi connectivity index (χ0n) is 15.0. The number of hydrogen-bond acceptors (Lipinski definition) is 2. The van der Waals surface area contributed by atoms with Gasteiger partial charge in [0.15, 0.2) is 0 Å². The predicted octanol–water partition coefficient (Wildman–Crippen LogP) is 3.41. The second kappa shape index (κ2) is 7.16. The highest BCUT2D eigenvalue weighted by atomic mass is 16.2. The van der Waals surface area contributed by atoms with Crippen molar-refractivity contribution in [3.8, 4) is 0 Å². The molecular weight excluding hydrogens is 322 g/mol. The molecule has 0 unspecified atom stereocenters. The van der Waals surface area contributed by atoms with E-state index in [9.17, 15) is 4.79 Å². The van der Waals surface area contributed by atoms with Gasteiger partial charge in [-0.1, -0.05) is 60.7 Å². The monoisotopic (exact) mass is 345 g/mol. The maximum Gasteiger partial charge on any atom is 0.227 e. The molecule has 1 fully saturated rings. The topological polar surface area (TPSA) is 38.1 Å². The van der Waals surface area contributed by atoms with E-state index in [0.29, 0.717) is 6.54 Å². The second-order valence-corrected chi connectivity index (χ2v) is 7.07.